The van der Waals surface area contributed by atoms with Crippen molar-refractivity contribution in [2.75, 3.05) is 6.54 Å². The summed E-state index contributed by atoms with van der Waals surface area (Å²) in [5.74, 6) is 0.919. The van der Waals surface area contributed by atoms with Crippen molar-refractivity contribution in [3.05, 3.63) is 18.0 Å². The van der Waals surface area contributed by atoms with Crippen LogP contribution in [0.25, 0.3) is 0 Å². The molecule has 3 nitrogen and oxygen atoms in total. The van der Waals surface area contributed by atoms with Crippen LogP contribution in [-0.4, -0.2) is 16.3 Å². The molecule has 84 valence electrons. The Hall–Kier alpha value is -0.830. The van der Waals surface area contributed by atoms with Gasteiger partial charge < -0.3 is 5.32 Å². The molecular formula is C12H21N3. The third-order valence-corrected chi connectivity index (χ3v) is 3.32. The van der Waals surface area contributed by atoms with E-state index < -0.39 is 0 Å². The van der Waals surface area contributed by atoms with Crippen molar-refractivity contribution in [1.29, 1.82) is 0 Å². The molecule has 1 aliphatic carbocycles. The van der Waals surface area contributed by atoms with Gasteiger partial charge in [0, 0.05) is 19.3 Å². The van der Waals surface area contributed by atoms with Gasteiger partial charge in [-0.15, -0.1) is 0 Å². The van der Waals surface area contributed by atoms with Crippen LogP contribution in [0.4, 0.5) is 0 Å². The molecule has 1 fully saturated rings. The molecule has 1 aromatic rings. The minimum atomic E-state index is 0.919. The maximum Gasteiger partial charge on any atom is 0.0521 e. The van der Waals surface area contributed by atoms with E-state index in [0.717, 1.165) is 19.0 Å². The summed E-state index contributed by atoms with van der Waals surface area (Å²) in [4.78, 5) is 0. The molecule has 0 bridgehead atoms. The molecule has 0 atom stereocenters. The van der Waals surface area contributed by atoms with Crippen LogP contribution in [0.3, 0.4) is 0 Å². The van der Waals surface area contributed by atoms with Crippen molar-refractivity contribution in [3.8, 4) is 0 Å². The zero-order valence-electron chi connectivity index (χ0n) is 9.58. The van der Waals surface area contributed by atoms with Crippen LogP contribution in [0.15, 0.2) is 12.3 Å². The van der Waals surface area contributed by atoms with Gasteiger partial charge >= 0.3 is 0 Å². The third-order valence-electron chi connectivity index (χ3n) is 3.32. The van der Waals surface area contributed by atoms with E-state index in [0.29, 0.717) is 0 Å². The highest BCUT2D eigenvalue weighted by Gasteiger charge is 2.14. The van der Waals surface area contributed by atoms with E-state index in [1.54, 1.807) is 0 Å². The van der Waals surface area contributed by atoms with Crippen molar-refractivity contribution in [1.82, 2.24) is 15.1 Å². The number of nitrogens with one attached hydrogen (secondary N) is 1. The van der Waals surface area contributed by atoms with Gasteiger partial charge in [0.1, 0.15) is 0 Å². The minimum absolute atomic E-state index is 0.919. The highest BCUT2D eigenvalue weighted by molar-refractivity contribution is 4.99. The molecule has 15 heavy (non-hydrogen) atoms. The molecule has 0 aromatic carbocycles. The van der Waals surface area contributed by atoms with E-state index in [1.165, 1.54) is 37.9 Å². The maximum absolute atomic E-state index is 4.26. The molecule has 1 saturated carbocycles. The van der Waals surface area contributed by atoms with Crippen LogP contribution < -0.4 is 5.32 Å². The van der Waals surface area contributed by atoms with Crippen molar-refractivity contribution >= 4 is 0 Å². The zero-order chi connectivity index (χ0) is 10.5. The summed E-state index contributed by atoms with van der Waals surface area (Å²) < 4.78 is 2.06. The Kier molecular flexibility index (Phi) is 3.78. The Morgan fingerprint density at radius 1 is 1.47 bits per heavy atom. The number of aromatic nitrogens is 2. The summed E-state index contributed by atoms with van der Waals surface area (Å²) in [6.07, 6.45) is 7.58. The second kappa shape index (κ2) is 5.31. The van der Waals surface area contributed by atoms with Gasteiger partial charge in [-0.1, -0.05) is 12.8 Å². The fourth-order valence-electron chi connectivity index (χ4n) is 2.41. The molecule has 0 unspecified atom stereocenters. The molecule has 1 aromatic heterocycles. The van der Waals surface area contributed by atoms with Crippen molar-refractivity contribution in [3.63, 3.8) is 0 Å². The predicted molar refractivity (Wildman–Crippen MR) is 61.6 cm³/mol. The monoisotopic (exact) mass is 207 g/mol. The maximum atomic E-state index is 4.26. The number of nitrogens with zero attached hydrogens (tertiary/aromatic N) is 2. The lowest BCUT2D eigenvalue weighted by molar-refractivity contribution is 0.477. The largest absolute Gasteiger partial charge is 0.311 e. The van der Waals surface area contributed by atoms with Crippen LogP contribution in [0.1, 0.15) is 38.3 Å². The zero-order valence-corrected chi connectivity index (χ0v) is 9.58. The van der Waals surface area contributed by atoms with E-state index in [-0.39, 0.29) is 0 Å². The number of hydrogen-bond donors (Lipinski definition) is 1. The average molecular weight is 207 g/mol. The van der Waals surface area contributed by atoms with E-state index in [9.17, 15) is 0 Å². The fourth-order valence-corrected chi connectivity index (χ4v) is 2.41. The van der Waals surface area contributed by atoms with Gasteiger partial charge in [0.2, 0.25) is 0 Å². The molecule has 0 amide bonds. The molecular weight excluding hydrogens is 186 g/mol. The van der Waals surface area contributed by atoms with Gasteiger partial charge in [0.05, 0.1) is 5.69 Å². The van der Waals surface area contributed by atoms with Gasteiger partial charge in [0.25, 0.3) is 0 Å². The lowest BCUT2D eigenvalue weighted by Crippen LogP contribution is -2.22. The normalized spacial score (nSPS) is 17.4. The van der Waals surface area contributed by atoms with Gasteiger partial charge in [-0.05, 0) is 38.3 Å². The first kappa shape index (κ1) is 10.7. The quantitative estimate of drug-likeness (QED) is 0.802. The van der Waals surface area contributed by atoms with Crippen LogP contribution in [0.5, 0.6) is 0 Å². The molecule has 1 aliphatic rings. The van der Waals surface area contributed by atoms with Crippen LogP contribution in [0, 0.1) is 5.92 Å². The second-order valence-corrected chi connectivity index (χ2v) is 4.42. The van der Waals surface area contributed by atoms with E-state index in [1.807, 2.05) is 6.20 Å². The summed E-state index contributed by atoms with van der Waals surface area (Å²) >= 11 is 0. The average Bonchev–Trinajstić information content (AvgIpc) is 2.88. The van der Waals surface area contributed by atoms with Crippen molar-refractivity contribution in [2.24, 2.45) is 5.92 Å². The molecule has 0 aliphatic heterocycles. The molecule has 1 N–H and O–H groups in total. The van der Waals surface area contributed by atoms with Crippen LogP contribution >= 0.6 is 0 Å². The summed E-state index contributed by atoms with van der Waals surface area (Å²) in [5.41, 5.74) is 1.30. The summed E-state index contributed by atoms with van der Waals surface area (Å²) in [7, 11) is 0. The lowest BCUT2D eigenvalue weighted by atomic mass is 10.1. The predicted octanol–water partition coefficient (Wildman–Crippen LogP) is 2.18. The first-order valence-electron chi connectivity index (χ1n) is 6.11. The van der Waals surface area contributed by atoms with Crippen LogP contribution in [0.2, 0.25) is 0 Å². The molecule has 3 heteroatoms. The molecule has 0 spiro atoms. The molecule has 0 saturated heterocycles. The summed E-state index contributed by atoms with van der Waals surface area (Å²) in [5, 5.41) is 7.81. The first-order chi connectivity index (χ1) is 7.40. The Morgan fingerprint density at radius 2 is 2.27 bits per heavy atom. The summed E-state index contributed by atoms with van der Waals surface area (Å²) in [6.45, 7) is 5.24. The smallest absolute Gasteiger partial charge is 0.0521 e. The lowest BCUT2D eigenvalue weighted by Gasteiger charge is -2.11. The third kappa shape index (κ3) is 2.81. The topological polar surface area (TPSA) is 29.9 Å². The molecule has 0 radical (unpaired) electrons. The van der Waals surface area contributed by atoms with Crippen molar-refractivity contribution < 1.29 is 0 Å². The van der Waals surface area contributed by atoms with Gasteiger partial charge in [-0.2, -0.15) is 5.10 Å². The first-order valence-corrected chi connectivity index (χ1v) is 6.11. The highest BCUT2D eigenvalue weighted by Crippen LogP contribution is 2.23. The standard InChI is InChI=1S/C12H21N3/c1-2-15-12(7-8-14-15)10-13-9-11-5-3-4-6-11/h7-8,11,13H,2-6,9-10H2,1H3. The fraction of sp³-hybridized carbons (Fsp3) is 0.750. The summed E-state index contributed by atoms with van der Waals surface area (Å²) in [6, 6.07) is 2.10. The molecule has 1 heterocycles. The van der Waals surface area contributed by atoms with E-state index in [2.05, 4.69) is 28.1 Å². The Morgan fingerprint density at radius 3 is 3.00 bits per heavy atom. The number of rotatable bonds is 5. The van der Waals surface area contributed by atoms with E-state index >= 15 is 0 Å². The van der Waals surface area contributed by atoms with Gasteiger partial charge in [-0.25, -0.2) is 0 Å². The number of aryl methyl sites for hydroxylation is 1. The number of hydrogen-bond acceptors (Lipinski definition) is 2. The van der Waals surface area contributed by atoms with Gasteiger partial charge in [0.15, 0.2) is 0 Å². The molecule has 2 rings (SSSR count). The Balaban J connectivity index is 1.73. The Labute approximate surface area is 91.9 Å². The second-order valence-electron chi connectivity index (χ2n) is 4.42. The van der Waals surface area contributed by atoms with Gasteiger partial charge in [-0.3, -0.25) is 4.68 Å². The van der Waals surface area contributed by atoms with Crippen LogP contribution in [-0.2, 0) is 13.1 Å². The Bertz CT molecular complexity index is 287. The van der Waals surface area contributed by atoms with E-state index in [4.69, 9.17) is 0 Å². The minimum Gasteiger partial charge on any atom is -0.311 e. The SMILES string of the molecule is CCn1nccc1CNCC1CCCC1. The highest BCUT2D eigenvalue weighted by atomic mass is 15.3. The van der Waals surface area contributed by atoms with Crippen molar-refractivity contribution in [2.45, 2.75) is 45.7 Å².